The number of aryl methyl sites for hydroxylation is 2. The van der Waals surface area contributed by atoms with E-state index in [0.29, 0.717) is 0 Å². The van der Waals surface area contributed by atoms with Gasteiger partial charge in [0, 0.05) is 18.3 Å². The van der Waals surface area contributed by atoms with Crippen molar-refractivity contribution in [3.63, 3.8) is 0 Å². The minimum atomic E-state index is 0.796. The lowest BCUT2D eigenvalue weighted by atomic mass is 10.1. The van der Waals surface area contributed by atoms with E-state index >= 15 is 0 Å². The zero-order valence-corrected chi connectivity index (χ0v) is 10.6. The summed E-state index contributed by atoms with van der Waals surface area (Å²) in [6.45, 7) is 0. The first-order valence-corrected chi connectivity index (χ1v) is 6.45. The van der Waals surface area contributed by atoms with Crippen LogP contribution >= 0.6 is 0 Å². The van der Waals surface area contributed by atoms with E-state index in [2.05, 4.69) is 27.1 Å². The van der Waals surface area contributed by atoms with Crippen molar-refractivity contribution in [2.45, 2.75) is 19.3 Å². The third-order valence-electron chi connectivity index (χ3n) is 3.17. The molecule has 0 atom stereocenters. The van der Waals surface area contributed by atoms with Crippen molar-refractivity contribution >= 4 is 16.9 Å². The Labute approximate surface area is 111 Å². The summed E-state index contributed by atoms with van der Waals surface area (Å²) >= 11 is 0. The highest BCUT2D eigenvalue weighted by Gasteiger charge is 2.02. The highest BCUT2D eigenvalue weighted by Crippen LogP contribution is 2.12. The fourth-order valence-corrected chi connectivity index (χ4v) is 2.16. The van der Waals surface area contributed by atoms with E-state index in [9.17, 15) is 0 Å². The first kappa shape index (κ1) is 11.7. The second-order valence-electron chi connectivity index (χ2n) is 4.65. The second-order valence-corrected chi connectivity index (χ2v) is 4.65. The minimum absolute atomic E-state index is 0.796. The van der Waals surface area contributed by atoms with E-state index < -0.39 is 0 Å². The smallest absolute Gasteiger partial charge is 0.177 e. The number of rotatable bonds is 4. The molecular formula is C15H16N4. The number of fused-ring (bicyclic) bond motifs is 1. The predicted molar refractivity (Wildman–Crippen MR) is 76.8 cm³/mol. The number of nitrogens with one attached hydrogen (secondary N) is 1. The highest BCUT2D eigenvalue weighted by molar-refractivity contribution is 5.69. The third kappa shape index (κ3) is 2.73. The average Bonchev–Trinajstić information content (AvgIpc) is 2.83. The van der Waals surface area contributed by atoms with Gasteiger partial charge in [0.05, 0.1) is 5.52 Å². The van der Waals surface area contributed by atoms with Crippen LogP contribution in [0.15, 0.2) is 42.6 Å². The van der Waals surface area contributed by atoms with Crippen molar-refractivity contribution in [3.8, 4) is 0 Å². The molecule has 4 heteroatoms. The number of aromatic nitrogens is 3. The first-order chi connectivity index (χ1) is 9.31. The van der Waals surface area contributed by atoms with Crippen molar-refractivity contribution < 1.29 is 0 Å². The highest BCUT2D eigenvalue weighted by atomic mass is 15.0. The van der Waals surface area contributed by atoms with Crippen molar-refractivity contribution in [2.24, 2.45) is 0 Å². The lowest BCUT2D eigenvalue weighted by Gasteiger charge is -2.00. The van der Waals surface area contributed by atoms with E-state index in [-0.39, 0.29) is 0 Å². The summed E-state index contributed by atoms with van der Waals surface area (Å²) in [4.78, 5) is 12.0. The molecule has 2 aromatic heterocycles. The molecule has 4 nitrogen and oxygen atoms in total. The maximum atomic E-state index is 5.67. The minimum Gasteiger partial charge on any atom is -0.399 e. The summed E-state index contributed by atoms with van der Waals surface area (Å²) < 4.78 is 0. The van der Waals surface area contributed by atoms with Gasteiger partial charge in [-0.2, -0.15) is 0 Å². The van der Waals surface area contributed by atoms with Crippen LogP contribution in [0.2, 0.25) is 0 Å². The molecule has 0 spiro atoms. The van der Waals surface area contributed by atoms with Crippen LogP contribution in [0.1, 0.15) is 17.8 Å². The summed E-state index contributed by atoms with van der Waals surface area (Å²) in [6, 6.07) is 12.0. The van der Waals surface area contributed by atoms with Crippen LogP contribution in [0.4, 0.5) is 5.69 Å². The van der Waals surface area contributed by atoms with Crippen LogP contribution in [-0.2, 0) is 12.8 Å². The molecule has 0 fully saturated rings. The molecule has 0 amide bonds. The summed E-state index contributed by atoms with van der Waals surface area (Å²) in [7, 11) is 0. The van der Waals surface area contributed by atoms with Gasteiger partial charge in [0.25, 0.3) is 0 Å². The summed E-state index contributed by atoms with van der Waals surface area (Å²) in [5.74, 6) is 1.00. The summed E-state index contributed by atoms with van der Waals surface area (Å²) in [5, 5.41) is 0. The monoisotopic (exact) mass is 252 g/mol. The Hall–Kier alpha value is -2.36. The predicted octanol–water partition coefficient (Wildman–Crippen LogP) is 2.72. The number of anilines is 1. The molecule has 3 aromatic rings. The van der Waals surface area contributed by atoms with E-state index in [4.69, 9.17) is 5.73 Å². The largest absolute Gasteiger partial charge is 0.399 e. The van der Waals surface area contributed by atoms with Crippen molar-refractivity contribution in [1.82, 2.24) is 15.0 Å². The summed E-state index contributed by atoms with van der Waals surface area (Å²) in [6.07, 6.45) is 4.79. The van der Waals surface area contributed by atoms with Gasteiger partial charge < -0.3 is 10.7 Å². The van der Waals surface area contributed by atoms with Crippen LogP contribution in [0.5, 0.6) is 0 Å². The molecule has 1 aromatic carbocycles. The standard InChI is InChI=1S/C15H16N4/c16-12-8-6-11(7-9-12)3-1-5-14-18-13-4-2-10-17-15(13)19-14/h2,4,6-10H,1,3,5,16H2,(H,17,18,19). The van der Waals surface area contributed by atoms with Crippen LogP contribution < -0.4 is 5.73 Å². The normalized spacial score (nSPS) is 10.9. The van der Waals surface area contributed by atoms with Crippen LogP contribution in [0, 0.1) is 0 Å². The Morgan fingerprint density at radius 2 is 1.89 bits per heavy atom. The van der Waals surface area contributed by atoms with Gasteiger partial charge in [-0.25, -0.2) is 9.97 Å². The molecule has 0 saturated heterocycles. The van der Waals surface area contributed by atoms with Crippen LogP contribution in [0.25, 0.3) is 11.2 Å². The molecule has 0 radical (unpaired) electrons. The molecule has 3 N–H and O–H groups in total. The number of benzene rings is 1. The van der Waals surface area contributed by atoms with Gasteiger partial charge in [0.1, 0.15) is 5.82 Å². The van der Waals surface area contributed by atoms with Crippen molar-refractivity contribution in [3.05, 3.63) is 54.0 Å². The number of aromatic amines is 1. The van der Waals surface area contributed by atoms with Crippen molar-refractivity contribution in [1.29, 1.82) is 0 Å². The Kier molecular flexibility index (Phi) is 3.14. The topological polar surface area (TPSA) is 67.6 Å². The molecule has 0 aliphatic rings. The fourth-order valence-electron chi connectivity index (χ4n) is 2.16. The number of H-pyrrole nitrogens is 1. The molecule has 0 bridgehead atoms. The van der Waals surface area contributed by atoms with Gasteiger partial charge in [-0.15, -0.1) is 0 Å². The molecule has 96 valence electrons. The van der Waals surface area contributed by atoms with E-state index in [0.717, 1.165) is 41.9 Å². The van der Waals surface area contributed by atoms with Gasteiger partial charge in [-0.1, -0.05) is 12.1 Å². The summed E-state index contributed by atoms with van der Waals surface area (Å²) in [5.41, 5.74) is 9.59. The number of imidazole rings is 1. The van der Waals surface area contributed by atoms with E-state index in [1.165, 1.54) is 5.56 Å². The molecule has 0 saturated carbocycles. The molecule has 3 rings (SSSR count). The Morgan fingerprint density at radius 1 is 1.05 bits per heavy atom. The fraction of sp³-hybridized carbons (Fsp3) is 0.200. The molecule has 0 aliphatic carbocycles. The van der Waals surface area contributed by atoms with Gasteiger partial charge in [0.2, 0.25) is 0 Å². The van der Waals surface area contributed by atoms with E-state index in [1.54, 1.807) is 6.20 Å². The number of pyridine rings is 1. The Morgan fingerprint density at radius 3 is 2.68 bits per heavy atom. The molecule has 19 heavy (non-hydrogen) atoms. The van der Waals surface area contributed by atoms with Gasteiger partial charge in [-0.3, -0.25) is 0 Å². The number of nitrogens with two attached hydrogens (primary N) is 1. The zero-order chi connectivity index (χ0) is 13.1. The number of hydrogen-bond donors (Lipinski definition) is 2. The van der Waals surface area contributed by atoms with Gasteiger partial charge in [-0.05, 0) is 42.7 Å². The Bertz CT molecular complexity index is 637. The van der Waals surface area contributed by atoms with Crippen LogP contribution in [-0.4, -0.2) is 15.0 Å². The lowest BCUT2D eigenvalue weighted by molar-refractivity contribution is 0.785. The average molecular weight is 252 g/mol. The molecule has 0 aliphatic heterocycles. The zero-order valence-electron chi connectivity index (χ0n) is 10.6. The second kappa shape index (κ2) is 5.10. The molecule has 2 heterocycles. The van der Waals surface area contributed by atoms with Gasteiger partial charge in [0.15, 0.2) is 5.65 Å². The maximum absolute atomic E-state index is 5.67. The third-order valence-corrected chi connectivity index (χ3v) is 3.17. The first-order valence-electron chi connectivity index (χ1n) is 6.45. The van der Waals surface area contributed by atoms with Crippen molar-refractivity contribution in [2.75, 3.05) is 5.73 Å². The van der Waals surface area contributed by atoms with Crippen LogP contribution in [0.3, 0.4) is 0 Å². The van der Waals surface area contributed by atoms with Gasteiger partial charge >= 0.3 is 0 Å². The Balaban J connectivity index is 1.61. The molecular weight excluding hydrogens is 236 g/mol. The molecule has 0 unspecified atom stereocenters. The maximum Gasteiger partial charge on any atom is 0.177 e. The number of nitrogen functional groups attached to an aromatic ring is 1. The number of hydrogen-bond acceptors (Lipinski definition) is 3. The van der Waals surface area contributed by atoms with E-state index in [1.807, 2.05) is 24.3 Å². The number of nitrogens with zero attached hydrogens (tertiary/aromatic N) is 2. The quantitative estimate of drug-likeness (QED) is 0.701. The SMILES string of the molecule is Nc1ccc(CCCc2nc3ncccc3[nH]2)cc1. The lowest BCUT2D eigenvalue weighted by Crippen LogP contribution is -1.92.